The molecular weight excluding hydrogens is 276 g/mol. The van der Waals surface area contributed by atoms with E-state index in [2.05, 4.69) is 11.4 Å². The Morgan fingerprint density at radius 2 is 1.91 bits per heavy atom. The maximum atomic E-state index is 11.8. The van der Waals surface area contributed by atoms with Gasteiger partial charge in [-0.05, 0) is 37.0 Å². The standard InChI is InChI=1S/C17H22N4O/c18-12-6-2-5-9-15(19)10-11-16(20)21-17(22)13-14-7-3-1-4-8-14/h1,3-4,7-8,10-11H,2,5-6,9,13,19-20H2,(H,21,22)/b15-10-,16-11+. The Morgan fingerprint density at radius 1 is 1.18 bits per heavy atom. The van der Waals surface area contributed by atoms with Crippen LogP contribution in [-0.4, -0.2) is 5.91 Å². The first-order valence-corrected chi connectivity index (χ1v) is 7.24. The first-order valence-electron chi connectivity index (χ1n) is 7.24. The maximum absolute atomic E-state index is 11.8. The second-order valence-corrected chi connectivity index (χ2v) is 4.94. The number of unbranched alkanes of at least 4 members (excludes halogenated alkanes) is 2. The summed E-state index contributed by atoms with van der Waals surface area (Å²) in [6.07, 6.45) is 6.50. The molecule has 0 aromatic heterocycles. The molecule has 0 heterocycles. The fourth-order valence-corrected chi connectivity index (χ4v) is 1.84. The molecule has 0 unspecified atom stereocenters. The Kier molecular flexibility index (Phi) is 7.91. The molecule has 5 heteroatoms. The number of nitrogens with one attached hydrogen (secondary N) is 1. The van der Waals surface area contributed by atoms with Gasteiger partial charge in [-0.25, -0.2) is 0 Å². The molecular formula is C17H22N4O. The summed E-state index contributed by atoms with van der Waals surface area (Å²) < 4.78 is 0. The van der Waals surface area contributed by atoms with Gasteiger partial charge in [-0.15, -0.1) is 0 Å². The van der Waals surface area contributed by atoms with Crippen molar-refractivity contribution in [1.29, 1.82) is 5.26 Å². The number of hydrogen-bond donors (Lipinski definition) is 3. The Hall–Kier alpha value is -2.74. The first-order chi connectivity index (χ1) is 10.6. The molecule has 0 aliphatic carbocycles. The van der Waals surface area contributed by atoms with Gasteiger partial charge in [0.1, 0.15) is 5.82 Å². The van der Waals surface area contributed by atoms with E-state index in [1.54, 1.807) is 12.2 Å². The minimum absolute atomic E-state index is 0.166. The van der Waals surface area contributed by atoms with Crippen molar-refractivity contribution in [2.24, 2.45) is 11.5 Å². The lowest BCUT2D eigenvalue weighted by Crippen LogP contribution is -2.28. The second kappa shape index (κ2) is 10.1. The zero-order valence-corrected chi connectivity index (χ0v) is 12.6. The van der Waals surface area contributed by atoms with Crippen LogP contribution in [0.15, 0.2) is 54.0 Å². The van der Waals surface area contributed by atoms with Crippen molar-refractivity contribution in [3.8, 4) is 6.07 Å². The van der Waals surface area contributed by atoms with Crippen LogP contribution in [0.1, 0.15) is 31.2 Å². The fourth-order valence-electron chi connectivity index (χ4n) is 1.84. The number of hydrogen-bond acceptors (Lipinski definition) is 4. The maximum Gasteiger partial charge on any atom is 0.229 e. The SMILES string of the molecule is N#CCCCC/C(N)=C/C=C(\N)NC(=O)Cc1ccccc1. The number of rotatable bonds is 8. The van der Waals surface area contributed by atoms with E-state index in [-0.39, 0.29) is 18.1 Å². The Bertz CT molecular complexity index is 570. The summed E-state index contributed by atoms with van der Waals surface area (Å²) in [5, 5.41) is 11.1. The van der Waals surface area contributed by atoms with Crippen molar-refractivity contribution in [2.45, 2.75) is 32.1 Å². The molecule has 0 fully saturated rings. The van der Waals surface area contributed by atoms with Crippen molar-refractivity contribution in [1.82, 2.24) is 5.32 Å². The van der Waals surface area contributed by atoms with Gasteiger partial charge in [0.15, 0.2) is 0 Å². The summed E-state index contributed by atoms with van der Waals surface area (Å²) in [6.45, 7) is 0. The van der Waals surface area contributed by atoms with Crippen LogP contribution in [0.3, 0.4) is 0 Å². The number of benzene rings is 1. The van der Waals surface area contributed by atoms with E-state index in [4.69, 9.17) is 16.7 Å². The lowest BCUT2D eigenvalue weighted by Gasteiger charge is -2.05. The highest BCUT2D eigenvalue weighted by Crippen LogP contribution is 2.04. The number of carbonyl (C=O) groups is 1. The summed E-state index contributed by atoms with van der Waals surface area (Å²) >= 11 is 0. The Labute approximate surface area is 131 Å². The van der Waals surface area contributed by atoms with Crippen LogP contribution in [0.25, 0.3) is 0 Å². The van der Waals surface area contributed by atoms with E-state index >= 15 is 0 Å². The smallest absolute Gasteiger partial charge is 0.229 e. The van der Waals surface area contributed by atoms with Crippen molar-refractivity contribution >= 4 is 5.91 Å². The highest BCUT2D eigenvalue weighted by molar-refractivity contribution is 5.80. The van der Waals surface area contributed by atoms with E-state index in [1.165, 1.54) is 0 Å². The third kappa shape index (κ3) is 7.75. The number of nitrogens with zero attached hydrogens (tertiary/aromatic N) is 1. The molecule has 0 spiro atoms. The molecule has 22 heavy (non-hydrogen) atoms. The van der Waals surface area contributed by atoms with Crippen LogP contribution in [0.5, 0.6) is 0 Å². The van der Waals surface area contributed by atoms with Gasteiger partial charge in [0.25, 0.3) is 0 Å². The normalized spacial score (nSPS) is 11.8. The third-order valence-corrected chi connectivity index (χ3v) is 2.97. The summed E-state index contributed by atoms with van der Waals surface area (Å²) in [5.41, 5.74) is 13.2. The van der Waals surface area contributed by atoms with Crippen molar-refractivity contribution in [3.63, 3.8) is 0 Å². The van der Waals surface area contributed by atoms with Crippen LogP contribution < -0.4 is 16.8 Å². The molecule has 0 aliphatic rings. The monoisotopic (exact) mass is 298 g/mol. The summed E-state index contributed by atoms with van der Waals surface area (Å²) in [5.74, 6) is 0.0989. The number of carbonyl (C=O) groups excluding carboxylic acids is 1. The summed E-state index contributed by atoms with van der Waals surface area (Å²) in [6, 6.07) is 11.5. The molecule has 0 bridgehead atoms. The molecule has 0 saturated heterocycles. The van der Waals surface area contributed by atoms with Crippen LogP contribution in [0.2, 0.25) is 0 Å². The van der Waals surface area contributed by atoms with Gasteiger partial charge < -0.3 is 16.8 Å². The van der Waals surface area contributed by atoms with Gasteiger partial charge in [-0.2, -0.15) is 5.26 Å². The molecule has 1 rings (SSSR count). The lowest BCUT2D eigenvalue weighted by molar-refractivity contribution is -0.119. The van der Waals surface area contributed by atoms with Crippen LogP contribution in [0, 0.1) is 11.3 Å². The molecule has 5 N–H and O–H groups in total. The average molecular weight is 298 g/mol. The fraction of sp³-hybridized carbons (Fsp3) is 0.294. The molecule has 1 amide bonds. The van der Waals surface area contributed by atoms with E-state index in [1.807, 2.05) is 30.3 Å². The van der Waals surface area contributed by atoms with Crippen LogP contribution in [-0.2, 0) is 11.2 Å². The zero-order chi connectivity index (χ0) is 16.2. The topological polar surface area (TPSA) is 105 Å². The van der Waals surface area contributed by atoms with E-state index in [0.717, 1.165) is 18.4 Å². The average Bonchev–Trinajstić information content (AvgIpc) is 2.50. The number of nitriles is 1. The third-order valence-electron chi connectivity index (χ3n) is 2.97. The highest BCUT2D eigenvalue weighted by Gasteiger charge is 2.03. The quantitative estimate of drug-likeness (QED) is 0.504. The molecule has 0 saturated carbocycles. The van der Waals surface area contributed by atoms with Crippen LogP contribution in [0.4, 0.5) is 0 Å². The number of allylic oxidation sites excluding steroid dienone is 3. The molecule has 0 radical (unpaired) electrons. The molecule has 1 aromatic carbocycles. The molecule has 0 aliphatic heterocycles. The van der Waals surface area contributed by atoms with Crippen LogP contribution >= 0.6 is 0 Å². The summed E-state index contributed by atoms with van der Waals surface area (Å²) in [4.78, 5) is 11.8. The highest BCUT2D eigenvalue weighted by atomic mass is 16.1. The first kappa shape index (κ1) is 17.3. The Morgan fingerprint density at radius 3 is 2.59 bits per heavy atom. The van der Waals surface area contributed by atoms with Gasteiger partial charge in [-0.3, -0.25) is 4.79 Å². The van der Waals surface area contributed by atoms with Crippen molar-refractivity contribution < 1.29 is 4.79 Å². The zero-order valence-electron chi connectivity index (χ0n) is 12.6. The molecule has 0 atom stereocenters. The second-order valence-electron chi connectivity index (χ2n) is 4.94. The van der Waals surface area contributed by atoms with E-state index in [9.17, 15) is 4.79 Å². The van der Waals surface area contributed by atoms with Gasteiger partial charge >= 0.3 is 0 Å². The minimum Gasteiger partial charge on any atom is -0.402 e. The molecule has 1 aromatic rings. The minimum atomic E-state index is -0.166. The lowest BCUT2D eigenvalue weighted by atomic mass is 10.1. The molecule has 5 nitrogen and oxygen atoms in total. The van der Waals surface area contributed by atoms with E-state index in [0.29, 0.717) is 18.5 Å². The van der Waals surface area contributed by atoms with E-state index < -0.39 is 0 Å². The number of nitrogens with two attached hydrogens (primary N) is 2. The van der Waals surface area contributed by atoms with Gasteiger partial charge in [-0.1, -0.05) is 30.3 Å². The molecule has 116 valence electrons. The predicted molar refractivity (Wildman–Crippen MR) is 86.9 cm³/mol. The van der Waals surface area contributed by atoms with Gasteiger partial charge in [0.2, 0.25) is 5.91 Å². The largest absolute Gasteiger partial charge is 0.402 e. The predicted octanol–water partition coefficient (Wildman–Crippen LogP) is 2.07. The van der Waals surface area contributed by atoms with Crippen molar-refractivity contribution in [2.75, 3.05) is 0 Å². The van der Waals surface area contributed by atoms with Gasteiger partial charge in [0, 0.05) is 12.1 Å². The Balaban J connectivity index is 2.38. The van der Waals surface area contributed by atoms with Crippen molar-refractivity contribution in [3.05, 3.63) is 59.6 Å². The number of amides is 1. The van der Waals surface area contributed by atoms with Gasteiger partial charge in [0.05, 0.1) is 12.5 Å². The summed E-state index contributed by atoms with van der Waals surface area (Å²) in [7, 11) is 0.